The van der Waals surface area contributed by atoms with Crippen LogP contribution in [0.15, 0.2) is 11.4 Å². The summed E-state index contributed by atoms with van der Waals surface area (Å²) in [5.41, 5.74) is 1.29. The van der Waals surface area contributed by atoms with Crippen molar-refractivity contribution in [1.29, 1.82) is 0 Å². The first-order valence-electron chi connectivity index (χ1n) is 8.77. The normalized spacial score (nSPS) is 23.4. The van der Waals surface area contributed by atoms with Gasteiger partial charge in [0.05, 0.1) is 10.9 Å². The second-order valence-corrected chi connectivity index (χ2v) is 9.37. The molecule has 1 fully saturated rings. The zero-order valence-electron chi connectivity index (χ0n) is 15.1. The number of piperidine rings is 1. The standard InChI is InChI=1S/C18H24N4OS2/c1-10-7-11(2)9-21(8-10)14(15-12(3)5-6-24-15)16-17(23)22-18(25-16)19-13(4)20-22/h5-6,10-11,14,23H,7-9H2,1-4H3/t10-,11-,14-/m0/s1. The Morgan fingerprint density at radius 3 is 2.52 bits per heavy atom. The number of rotatable bonds is 3. The Hall–Kier alpha value is -1.44. The summed E-state index contributed by atoms with van der Waals surface area (Å²) in [4.78, 5) is 10.0. The molecule has 1 N–H and O–H groups in total. The number of thiazole rings is 1. The molecule has 0 bridgehead atoms. The summed E-state index contributed by atoms with van der Waals surface area (Å²) in [5, 5.41) is 17.4. The van der Waals surface area contributed by atoms with Crippen LogP contribution >= 0.6 is 22.7 Å². The van der Waals surface area contributed by atoms with Gasteiger partial charge in [0.25, 0.3) is 0 Å². The molecule has 1 aliphatic heterocycles. The van der Waals surface area contributed by atoms with Crippen LogP contribution in [-0.4, -0.2) is 37.7 Å². The van der Waals surface area contributed by atoms with Gasteiger partial charge >= 0.3 is 0 Å². The van der Waals surface area contributed by atoms with Gasteiger partial charge in [0.2, 0.25) is 10.8 Å². The molecular formula is C18H24N4OS2. The number of hydrogen-bond acceptors (Lipinski definition) is 6. The lowest BCUT2D eigenvalue weighted by atomic mass is 9.90. The SMILES string of the molecule is Cc1nc2sc([C@H](c3sccc3C)N3C[C@@H](C)C[C@H](C)C3)c(O)n2n1. The third-order valence-electron chi connectivity index (χ3n) is 4.97. The number of likely N-dealkylation sites (tertiary alicyclic amines) is 1. The fourth-order valence-electron chi connectivity index (χ4n) is 4.06. The molecule has 0 radical (unpaired) electrons. The van der Waals surface area contributed by atoms with Gasteiger partial charge in [-0.2, -0.15) is 4.52 Å². The van der Waals surface area contributed by atoms with Gasteiger partial charge in [-0.3, -0.25) is 4.90 Å². The van der Waals surface area contributed by atoms with E-state index in [1.807, 2.05) is 6.92 Å². The summed E-state index contributed by atoms with van der Waals surface area (Å²) in [6.45, 7) is 10.8. The van der Waals surface area contributed by atoms with Gasteiger partial charge < -0.3 is 5.11 Å². The van der Waals surface area contributed by atoms with E-state index in [1.54, 1.807) is 27.2 Å². The average Bonchev–Trinajstić information content (AvgIpc) is 3.18. The van der Waals surface area contributed by atoms with E-state index in [-0.39, 0.29) is 11.9 Å². The topological polar surface area (TPSA) is 53.7 Å². The van der Waals surface area contributed by atoms with Crippen LogP contribution in [0.5, 0.6) is 5.88 Å². The minimum atomic E-state index is 0.0824. The smallest absolute Gasteiger partial charge is 0.230 e. The van der Waals surface area contributed by atoms with E-state index in [0.29, 0.717) is 17.7 Å². The lowest BCUT2D eigenvalue weighted by Gasteiger charge is -2.39. The maximum Gasteiger partial charge on any atom is 0.230 e. The number of fused-ring (bicyclic) bond motifs is 1. The van der Waals surface area contributed by atoms with Crippen molar-refractivity contribution >= 4 is 27.6 Å². The van der Waals surface area contributed by atoms with E-state index >= 15 is 0 Å². The van der Waals surface area contributed by atoms with Crippen molar-refractivity contribution in [3.05, 3.63) is 32.6 Å². The molecular weight excluding hydrogens is 352 g/mol. The molecule has 3 atom stereocenters. The largest absolute Gasteiger partial charge is 0.492 e. The van der Waals surface area contributed by atoms with Crippen LogP contribution in [0.3, 0.4) is 0 Å². The van der Waals surface area contributed by atoms with Crippen LogP contribution in [-0.2, 0) is 0 Å². The summed E-state index contributed by atoms with van der Waals surface area (Å²) in [5.74, 6) is 2.26. The minimum absolute atomic E-state index is 0.0824. The van der Waals surface area contributed by atoms with Crippen LogP contribution in [0, 0.1) is 25.7 Å². The Morgan fingerprint density at radius 2 is 1.92 bits per heavy atom. The van der Waals surface area contributed by atoms with E-state index in [4.69, 9.17) is 0 Å². The number of hydrogen-bond donors (Lipinski definition) is 1. The Balaban J connectivity index is 1.83. The molecule has 0 saturated carbocycles. The molecule has 0 unspecified atom stereocenters. The summed E-state index contributed by atoms with van der Waals surface area (Å²) >= 11 is 3.34. The average molecular weight is 377 g/mol. The number of thiophene rings is 1. The number of aromatic nitrogens is 3. The molecule has 25 heavy (non-hydrogen) atoms. The number of aryl methyl sites for hydroxylation is 2. The molecule has 4 heterocycles. The Morgan fingerprint density at radius 1 is 1.20 bits per heavy atom. The highest BCUT2D eigenvalue weighted by Crippen LogP contribution is 2.44. The van der Waals surface area contributed by atoms with Crippen molar-refractivity contribution in [1.82, 2.24) is 19.5 Å². The van der Waals surface area contributed by atoms with Crippen molar-refractivity contribution in [2.75, 3.05) is 13.1 Å². The van der Waals surface area contributed by atoms with Crippen molar-refractivity contribution < 1.29 is 5.11 Å². The summed E-state index contributed by atoms with van der Waals surface area (Å²) < 4.78 is 1.59. The Bertz CT molecular complexity index is 886. The maximum absolute atomic E-state index is 10.9. The number of aromatic hydroxyl groups is 1. The lowest BCUT2D eigenvalue weighted by Crippen LogP contribution is -2.41. The molecule has 4 rings (SSSR count). The van der Waals surface area contributed by atoms with Gasteiger partial charge in [0, 0.05) is 18.0 Å². The minimum Gasteiger partial charge on any atom is -0.492 e. The molecule has 0 amide bonds. The van der Waals surface area contributed by atoms with Crippen LogP contribution in [0.25, 0.3) is 4.96 Å². The van der Waals surface area contributed by atoms with Crippen molar-refractivity contribution in [2.24, 2.45) is 11.8 Å². The number of nitrogens with zero attached hydrogens (tertiary/aromatic N) is 4. The molecule has 0 spiro atoms. The van der Waals surface area contributed by atoms with Gasteiger partial charge in [-0.05, 0) is 49.1 Å². The highest BCUT2D eigenvalue weighted by Gasteiger charge is 2.34. The Labute approximate surface area is 155 Å². The fraction of sp³-hybridized carbons (Fsp3) is 0.556. The summed E-state index contributed by atoms with van der Waals surface area (Å²) in [6, 6.07) is 2.25. The molecule has 0 aliphatic carbocycles. The fourth-order valence-corrected chi connectivity index (χ4v) is 6.35. The van der Waals surface area contributed by atoms with Gasteiger partial charge in [0.15, 0.2) is 0 Å². The first-order valence-corrected chi connectivity index (χ1v) is 10.5. The molecule has 7 heteroatoms. The zero-order valence-corrected chi connectivity index (χ0v) is 16.7. The van der Waals surface area contributed by atoms with E-state index < -0.39 is 0 Å². The predicted molar refractivity (Wildman–Crippen MR) is 103 cm³/mol. The lowest BCUT2D eigenvalue weighted by molar-refractivity contribution is 0.113. The van der Waals surface area contributed by atoms with Gasteiger partial charge in [-0.1, -0.05) is 25.2 Å². The van der Waals surface area contributed by atoms with Gasteiger partial charge in [-0.25, -0.2) is 4.98 Å². The van der Waals surface area contributed by atoms with Crippen LogP contribution in [0.4, 0.5) is 0 Å². The van der Waals surface area contributed by atoms with Crippen molar-refractivity contribution in [2.45, 2.75) is 40.2 Å². The van der Waals surface area contributed by atoms with Crippen LogP contribution < -0.4 is 0 Å². The van der Waals surface area contributed by atoms with Crippen LogP contribution in [0.2, 0.25) is 0 Å². The summed E-state index contributed by atoms with van der Waals surface area (Å²) in [7, 11) is 0. The molecule has 0 aromatic carbocycles. The second-order valence-electron chi connectivity index (χ2n) is 7.41. The second kappa shape index (κ2) is 6.37. The third-order valence-corrected chi connectivity index (χ3v) is 7.11. The summed E-state index contributed by atoms with van der Waals surface area (Å²) in [6.07, 6.45) is 1.27. The first-order chi connectivity index (χ1) is 11.9. The van der Waals surface area contributed by atoms with E-state index in [1.165, 1.54) is 16.9 Å². The highest BCUT2D eigenvalue weighted by molar-refractivity contribution is 7.17. The Kier molecular flexibility index (Phi) is 4.33. The molecule has 134 valence electrons. The predicted octanol–water partition coefficient (Wildman–Crippen LogP) is 4.24. The molecule has 5 nitrogen and oxygen atoms in total. The third kappa shape index (κ3) is 2.98. The monoisotopic (exact) mass is 376 g/mol. The van der Waals surface area contributed by atoms with Crippen molar-refractivity contribution in [3.63, 3.8) is 0 Å². The quantitative estimate of drug-likeness (QED) is 0.743. The molecule has 1 aliphatic rings. The van der Waals surface area contributed by atoms with E-state index in [2.05, 4.69) is 47.2 Å². The van der Waals surface area contributed by atoms with Gasteiger partial charge in [0.1, 0.15) is 5.82 Å². The molecule has 3 aromatic heterocycles. The maximum atomic E-state index is 10.9. The molecule has 3 aromatic rings. The van der Waals surface area contributed by atoms with Crippen LogP contribution in [0.1, 0.15) is 47.5 Å². The first kappa shape index (κ1) is 17.0. The van der Waals surface area contributed by atoms with E-state index in [0.717, 1.165) is 22.9 Å². The van der Waals surface area contributed by atoms with Gasteiger partial charge in [-0.15, -0.1) is 16.4 Å². The van der Waals surface area contributed by atoms with E-state index in [9.17, 15) is 5.11 Å². The zero-order chi connectivity index (χ0) is 17.7. The highest BCUT2D eigenvalue weighted by atomic mass is 32.1. The molecule has 1 saturated heterocycles. The van der Waals surface area contributed by atoms with Crippen molar-refractivity contribution in [3.8, 4) is 5.88 Å².